The summed E-state index contributed by atoms with van der Waals surface area (Å²) in [7, 11) is -3.64. The van der Waals surface area contributed by atoms with Crippen LogP contribution in [0.15, 0.2) is 29.2 Å². The minimum atomic E-state index is -3.64. The minimum absolute atomic E-state index is 0.0759. The van der Waals surface area contributed by atoms with E-state index in [4.69, 9.17) is 9.84 Å². The SMILES string of the molecule is CCCOc1ccc(S(=O)(=O)NC(C)CCC(=O)O)cc1. The van der Waals surface area contributed by atoms with Crippen molar-refractivity contribution in [2.45, 2.75) is 44.0 Å². The van der Waals surface area contributed by atoms with Crippen LogP contribution in [0.2, 0.25) is 0 Å². The van der Waals surface area contributed by atoms with Gasteiger partial charge in [0.1, 0.15) is 5.75 Å². The van der Waals surface area contributed by atoms with Crippen LogP contribution in [0.1, 0.15) is 33.1 Å². The molecule has 0 fully saturated rings. The van der Waals surface area contributed by atoms with E-state index in [1.807, 2.05) is 6.92 Å². The number of benzene rings is 1. The number of hydrogen-bond acceptors (Lipinski definition) is 4. The lowest BCUT2D eigenvalue weighted by molar-refractivity contribution is -0.137. The van der Waals surface area contributed by atoms with Crippen molar-refractivity contribution < 1.29 is 23.1 Å². The Kier molecular flexibility index (Phi) is 6.64. The molecule has 0 spiro atoms. The van der Waals surface area contributed by atoms with E-state index in [1.54, 1.807) is 19.1 Å². The maximum absolute atomic E-state index is 12.1. The van der Waals surface area contributed by atoms with Crippen LogP contribution >= 0.6 is 0 Å². The molecule has 6 nitrogen and oxygen atoms in total. The number of ether oxygens (including phenoxy) is 1. The van der Waals surface area contributed by atoms with Gasteiger partial charge < -0.3 is 9.84 Å². The van der Waals surface area contributed by atoms with Gasteiger partial charge in [-0.25, -0.2) is 13.1 Å². The van der Waals surface area contributed by atoms with E-state index in [9.17, 15) is 13.2 Å². The molecule has 0 bridgehead atoms. The quantitative estimate of drug-likeness (QED) is 0.727. The lowest BCUT2D eigenvalue weighted by Crippen LogP contribution is -2.32. The van der Waals surface area contributed by atoms with Crippen molar-refractivity contribution in [3.05, 3.63) is 24.3 Å². The molecule has 1 rings (SSSR count). The van der Waals surface area contributed by atoms with E-state index in [0.717, 1.165) is 6.42 Å². The third-order valence-electron chi connectivity index (χ3n) is 2.75. The van der Waals surface area contributed by atoms with E-state index >= 15 is 0 Å². The second-order valence-electron chi connectivity index (χ2n) is 4.77. The van der Waals surface area contributed by atoms with Gasteiger partial charge in [0.05, 0.1) is 11.5 Å². The van der Waals surface area contributed by atoms with E-state index in [0.29, 0.717) is 12.4 Å². The number of rotatable bonds is 9. The van der Waals surface area contributed by atoms with Gasteiger partial charge in [-0.1, -0.05) is 6.92 Å². The van der Waals surface area contributed by atoms with Crippen LogP contribution < -0.4 is 9.46 Å². The summed E-state index contributed by atoms with van der Waals surface area (Å²) in [4.78, 5) is 10.6. The predicted octanol–water partition coefficient (Wildman–Crippen LogP) is 2.01. The van der Waals surface area contributed by atoms with Crippen LogP contribution in [0, 0.1) is 0 Å². The summed E-state index contributed by atoms with van der Waals surface area (Å²) in [6, 6.07) is 5.70. The molecule has 0 aromatic heterocycles. The number of hydrogen-bond donors (Lipinski definition) is 2. The third kappa shape index (κ3) is 6.14. The molecule has 21 heavy (non-hydrogen) atoms. The van der Waals surface area contributed by atoms with Crippen molar-refractivity contribution in [2.24, 2.45) is 0 Å². The zero-order valence-electron chi connectivity index (χ0n) is 12.2. The largest absolute Gasteiger partial charge is 0.494 e. The van der Waals surface area contributed by atoms with E-state index < -0.39 is 22.0 Å². The monoisotopic (exact) mass is 315 g/mol. The van der Waals surface area contributed by atoms with Crippen molar-refractivity contribution in [3.8, 4) is 5.75 Å². The van der Waals surface area contributed by atoms with Crippen molar-refractivity contribution in [1.29, 1.82) is 0 Å². The molecule has 0 saturated heterocycles. The highest BCUT2D eigenvalue weighted by molar-refractivity contribution is 7.89. The second-order valence-corrected chi connectivity index (χ2v) is 6.49. The first-order valence-corrected chi connectivity index (χ1v) is 8.30. The fraction of sp³-hybridized carbons (Fsp3) is 0.500. The number of nitrogens with one attached hydrogen (secondary N) is 1. The van der Waals surface area contributed by atoms with Gasteiger partial charge in [-0.2, -0.15) is 0 Å². The molecular formula is C14H21NO5S. The molecule has 0 aliphatic heterocycles. The molecule has 1 aromatic rings. The van der Waals surface area contributed by atoms with Gasteiger partial charge in [-0.3, -0.25) is 4.79 Å². The summed E-state index contributed by atoms with van der Waals surface area (Å²) in [5.74, 6) is -0.326. The molecule has 1 aromatic carbocycles. The molecule has 0 radical (unpaired) electrons. The Hall–Kier alpha value is -1.60. The summed E-state index contributed by atoms with van der Waals surface area (Å²) in [6.07, 6.45) is 1.04. The second kappa shape index (κ2) is 7.99. The highest BCUT2D eigenvalue weighted by Gasteiger charge is 2.17. The van der Waals surface area contributed by atoms with Gasteiger partial charge in [-0.15, -0.1) is 0 Å². The molecular weight excluding hydrogens is 294 g/mol. The Bertz CT molecular complexity index is 553. The molecule has 0 saturated carbocycles. The third-order valence-corrected chi connectivity index (χ3v) is 4.36. The predicted molar refractivity (Wildman–Crippen MR) is 78.9 cm³/mol. The van der Waals surface area contributed by atoms with Crippen molar-refractivity contribution >= 4 is 16.0 Å². The van der Waals surface area contributed by atoms with Crippen molar-refractivity contribution in [3.63, 3.8) is 0 Å². The van der Waals surface area contributed by atoms with Crippen molar-refractivity contribution in [2.75, 3.05) is 6.61 Å². The van der Waals surface area contributed by atoms with E-state index in [2.05, 4.69) is 4.72 Å². The zero-order valence-corrected chi connectivity index (χ0v) is 13.0. The van der Waals surface area contributed by atoms with Crippen LogP contribution in [-0.4, -0.2) is 32.1 Å². The first kappa shape index (κ1) is 17.5. The molecule has 118 valence electrons. The summed E-state index contributed by atoms with van der Waals surface area (Å²) < 4.78 is 32.1. The molecule has 0 aliphatic carbocycles. The molecule has 0 amide bonds. The highest BCUT2D eigenvalue weighted by atomic mass is 32.2. The molecule has 1 unspecified atom stereocenters. The van der Waals surface area contributed by atoms with Gasteiger partial charge >= 0.3 is 5.97 Å². The average Bonchev–Trinajstić information content (AvgIpc) is 2.43. The lowest BCUT2D eigenvalue weighted by atomic mass is 10.2. The molecule has 7 heteroatoms. The van der Waals surface area contributed by atoms with Crippen LogP contribution in [0.3, 0.4) is 0 Å². The number of sulfonamides is 1. The first-order chi connectivity index (χ1) is 9.85. The van der Waals surface area contributed by atoms with E-state index in [1.165, 1.54) is 12.1 Å². The number of aliphatic carboxylic acids is 1. The maximum Gasteiger partial charge on any atom is 0.303 e. The Morgan fingerprint density at radius 3 is 2.48 bits per heavy atom. The summed E-state index contributed by atoms with van der Waals surface area (Å²) in [5.41, 5.74) is 0. The molecule has 0 aliphatic rings. The van der Waals surface area contributed by atoms with Gasteiger partial charge in [0.25, 0.3) is 0 Å². The fourth-order valence-electron chi connectivity index (χ4n) is 1.67. The van der Waals surface area contributed by atoms with Crippen LogP contribution in [0.5, 0.6) is 5.75 Å². The topological polar surface area (TPSA) is 92.7 Å². The Morgan fingerprint density at radius 2 is 1.95 bits per heavy atom. The van der Waals surface area contributed by atoms with Gasteiger partial charge in [0, 0.05) is 12.5 Å². The van der Waals surface area contributed by atoms with Crippen LogP contribution in [0.4, 0.5) is 0 Å². The van der Waals surface area contributed by atoms with Gasteiger partial charge in [0.2, 0.25) is 10.0 Å². The zero-order chi connectivity index (χ0) is 15.9. The fourth-order valence-corrected chi connectivity index (χ4v) is 2.94. The van der Waals surface area contributed by atoms with Gasteiger partial charge in [0.15, 0.2) is 0 Å². The molecule has 1 atom stereocenters. The molecule has 0 heterocycles. The minimum Gasteiger partial charge on any atom is -0.494 e. The average molecular weight is 315 g/mol. The Labute approximate surface area is 125 Å². The van der Waals surface area contributed by atoms with Crippen molar-refractivity contribution in [1.82, 2.24) is 4.72 Å². The normalized spacial score (nSPS) is 12.9. The standard InChI is InChI=1S/C14H21NO5S/c1-3-10-20-12-5-7-13(8-6-12)21(18,19)15-11(2)4-9-14(16)17/h5-8,11,15H,3-4,9-10H2,1-2H3,(H,16,17). The number of carboxylic acids is 1. The first-order valence-electron chi connectivity index (χ1n) is 6.82. The number of carbonyl (C=O) groups is 1. The maximum atomic E-state index is 12.1. The summed E-state index contributed by atoms with van der Waals surface area (Å²) >= 11 is 0. The lowest BCUT2D eigenvalue weighted by Gasteiger charge is -2.13. The Balaban J connectivity index is 2.67. The smallest absolute Gasteiger partial charge is 0.303 e. The summed E-state index contributed by atoms with van der Waals surface area (Å²) in [6.45, 7) is 4.21. The van der Waals surface area contributed by atoms with E-state index in [-0.39, 0.29) is 17.7 Å². The van der Waals surface area contributed by atoms with Crippen LogP contribution in [-0.2, 0) is 14.8 Å². The van der Waals surface area contributed by atoms with Gasteiger partial charge in [-0.05, 0) is 44.0 Å². The Morgan fingerprint density at radius 1 is 1.33 bits per heavy atom. The highest BCUT2D eigenvalue weighted by Crippen LogP contribution is 2.16. The van der Waals surface area contributed by atoms with Crippen LogP contribution in [0.25, 0.3) is 0 Å². The summed E-state index contributed by atoms with van der Waals surface area (Å²) in [5, 5.41) is 8.59. The molecule has 2 N–H and O–H groups in total. The number of carboxylic acid groups (broad SMARTS) is 1.